The molecule has 8 nitrogen and oxygen atoms in total. The molecule has 0 radical (unpaired) electrons. The van der Waals surface area contributed by atoms with Crippen LogP contribution in [0.4, 0.5) is 5.82 Å². The van der Waals surface area contributed by atoms with Gasteiger partial charge in [0.2, 0.25) is 11.7 Å². The third-order valence-corrected chi connectivity index (χ3v) is 3.17. The summed E-state index contributed by atoms with van der Waals surface area (Å²) in [5.41, 5.74) is 0. The van der Waals surface area contributed by atoms with E-state index in [0.29, 0.717) is 18.4 Å². The number of carbonyl (C=O) groups is 1. The molecule has 1 unspecified atom stereocenters. The van der Waals surface area contributed by atoms with Crippen LogP contribution >= 0.6 is 12.4 Å². The normalized spacial score (nSPS) is 17.6. The minimum absolute atomic E-state index is 0. The van der Waals surface area contributed by atoms with Crippen LogP contribution < -0.4 is 10.6 Å². The fourth-order valence-electron chi connectivity index (χ4n) is 2.12. The predicted octanol–water partition coefficient (Wildman–Crippen LogP) is 0.390. The molecule has 0 aliphatic carbocycles. The van der Waals surface area contributed by atoms with Crippen LogP contribution in [-0.2, 0) is 11.3 Å². The Morgan fingerprint density at radius 1 is 1.70 bits per heavy atom. The van der Waals surface area contributed by atoms with E-state index in [1.807, 2.05) is 0 Å². The van der Waals surface area contributed by atoms with E-state index in [1.165, 1.54) is 10.8 Å². The van der Waals surface area contributed by atoms with Crippen molar-refractivity contribution in [3.8, 4) is 0 Å². The number of amides is 1. The van der Waals surface area contributed by atoms with Crippen LogP contribution in [0.5, 0.6) is 0 Å². The van der Waals surface area contributed by atoms with Gasteiger partial charge in [-0.15, -0.1) is 12.4 Å². The Morgan fingerprint density at radius 2 is 2.45 bits per heavy atom. The van der Waals surface area contributed by atoms with E-state index >= 15 is 0 Å². The minimum atomic E-state index is -0.566. The maximum absolute atomic E-state index is 11.7. The number of aryl methyl sites for hydroxylation is 1. The molecule has 1 aliphatic rings. The molecule has 1 amide bonds. The standard InChI is InChI=1S/C11H17N5O3.ClH/c1-8-14-10(16(18)19)6-15(8)7-11(17)13-5-9-3-2-4-12-9;/h6,9,12H,2-5,7H2,1H3,(H,13,17);1H. The van der Waals surface area contributed by atoms with Gasteiger partial charge in [-0.1, -0.05) is 0 Å². The predicted molar refractivity (Wildman–Crippen MR) is 74.9 cm³/mol. The summed E-state index contributed by atoms with van der Waals surface area (Å²) >= 11 is 0. The number of carbonyl (C=O) groups excluding carboxylic acids is 1. The Bertz CT molecular complexity index is 484. The summed E-state index contributed by atoms with van der Waals surface area (Å²) in [5, 5.41) is 16.7. The number of hydrogen-bond acceptors (Lipinski definition) is 5. The number of aromatic nitrogens is 2. The lowest BCUT2D eigenvalue weighted by atomic mass is 10.2. The second kappa shape index (κ2) is 7.20. The van der Waals surface area contributed by atoms with E-state index < -0.39 is 4.92 Å². The highest BCUT2D eigenvalue weighted by atomic mass is 35.5. The molecular weight excluding hydrogens is 286 g/mol. The lowest BCUT2D eigenvalue weighted by Gasteiger charge is -2.11. The number of nitrogens with one attached hydrogen (secondary N) is 2. The molecule has 1 aliphatic heterocycles. The van der Waals surface area contributed by atoms with Gasteiger partial charge in [0.1, 0.15) is 12.7 Å². The van der Waals surface area contributed by atoms with E-state index in [1.54, 1.807) is 6.92 Å². The van der Waals surface area contributed by atoms with Gasteiger partial charge in [-0.2, -0.15) is 0 Å². The molecule has 2 rings (SSSR count). The summed E-state index contributed by atoms with van der Waals surface area (Å²) in [7, 11) is 0. The molecule has 2 N–H and O–H groups in total. The molecule has 0 saturated carbocycles. The van der Waals surface area contributed by atoms with Crippen molar-refractivity contribution in [2.45, 2.75) is 32.4 Å². The zero-order valence-corrected chi connectivity index (χ0v) is 12.0. The van der Waals surface area contributed by atoms with Gasteiger partial charge in [-0.05, 0) is 29.3 Å². The fourth-order valence-corrected chi connectivity index (χ4v) is 2.12. The highest BCUT2D eigenvalue weighted by Gasteiger charge is 2.18. The Morgan fingerprint density at radius 3 is 3.00 bits per heavy atom. The van der Waals surface area contributed by atoms with Crippen LogP contribution in [0, 0.1) is 17.0 Å². The maximum Gasteiger partial charge on any atom is 0.381 e. The molecule has 1 aromatic rings. The van der Waals surface area contributed by atoms with Crippen LogP contribution in [0.25, 0.3) is 0 Å². The highest BCUT2D eigenvalue weighted by Crippen LogP contribution is 2.10. The third kappa shape index (κ3) is 4.17. The van der Waals surface area contributed by atoms with Crippen LogP contribution in [0.1, 0.15) is 18.7 Å². The number of nitro groups is 1. The molecule has 1 saturated heterocycles. The first-order chi connectivity index (χ1) is 9.06. The molecule has 0 spiro atoms. The van der Waals surface area contributed by atoms with Crippen molar-refractivity contribution >= 4 is 24.1 Å². The molecule has 112 valence electrons. The van der Waals surface area contributed by atoms with E-state index in [4.69, 9.17) is 0 Å². The topological polar surface area (TPSA) is 102 Å². The molecule has 2 heterocycles. The number of halogens is 1. The van der Waals surface area contributed by atoms with Gasteiger partial charge < -0.3 is 20.7 Å². The van der Waals surface area contributed by atoms with Gasteiger partial charge >= 0.3 is 5.82 Å². The van der Waals surface area contributed by atoms with Crippen molar-refractivity contribution in [2.24, 2.45) is 0 Å². The Hall–Kier alpha value is -1.67. The van der Waals surface area contributed by atoms with Crippen molar-refractivity contribution in [3.05, 3.63) is 22.1 Å². The first kappa shape index (κ1) is 16.4. The lowest BCUT2D eigenvalue weighted by Crippen LogP contribution is -2.38. The monoisotopic (exact) mass is 303 g/mol. The number of imidazole rings is 1. The van der Waals surface area contributed by atoms with Crippen LogP contribution in [0.15, 0.2) is 6.20 Å². The van der Waals surface area contributed by atoms with Gasteiger partial charge in [0.15, 0.2) is 0 Å². The molecule has 20 heavy (non-hydrogen) atoms. The number of rotatable bonds is 5. The highest BCUT2D eigenvalue weighted by molar-refractivity contribution is 5.85. The molecule has 1 aromatic heterocycles. The molecule has 1 atom stereocenters. The first-order valence-electron chi connectivity index (χ1n) is 6.24. The minimum Gasteiger partial charge on any atom is -0.358 e. The summed E-state index contributed by atoms with van der Waals surface area (Å²) in [5.74, 6) is 0.0627. The second-order valence-corrected chi connectivity index (χ2v) is 4.63. The Balaban J connectivity index is 0.00000200. The summed E-state index contributed by atoms with van der Waals surface area (Å²) in [4.78, 5) is 25.5. The smallest absolute Gasteiger partial charge is 0.358 e. The van der Waals surface area contributed by atoms with E-state index in [-0.39, 0.29) is 30.7 Å². The molecular formula is C11H18ClN5O3. The average Bonchev–Trinajstić information content (AvgIpc) is 2.97. The Labute approximate surface area is 122 Å². The number of nitrogens with zero attached hydrogens (tertiary/aromatic N) is 3. The van der Waals surface area contributed by atoms with E-state index in [9.17, 15) is 14.9 Å². The van der Waals surface area contributed by atoms with Crippen LogP contribution in [-0.4, -0.2) is 39.5 Å². The largest absolute Gasteiger partial charge is 0.381 e. The summed E-state index contributed by atoms with van der Waals surface area (Å²) in [6.07, 6.45) is 3.48. The second-order valence-electron chi connectivity index (χ2n) is 4.63. The van der Waals surface area contributed by atoms with Crippen molar-refractivity contribution in [1.29, 1.82) is 0 Å². The first-order valence-corrected chi connectivity index (χ1v) is 6.24. The Kier molecular flexibility index (Phi) is 5.90. The summed E-state index contributed by atoms with van der Waals surface area (Å²) in [6, 6.07) is 0.335. The van der Waals surface area contributed by atoms with Crippen LogP contribution in [0.3, 0.4) is 0 Å². The molecule has 0 bridgehead atoms. The number of hydrogen-bond donors (Lipinski definition) is 2. The van der Waals surface area contributed by atoms with E-state index in [2.05, 4.69) is 15.6 Å². The molecule has 1 fully saturated rings. The fraction of sp³-hybridized carbons (Fsp3) is 0.636. The lowest BCUT2D eigenvalue weighted by molar-refractivity contribution is -0.389. The van der Waals surface area contributed by atoms with Crippen molar-refractivity contribution in [3.63, 3.8) is 0 Å². The SMILES string of the molecule is Cc1nc([N+](=O)[O-])cn1CC(=O)NCC1CCCN1.Cl. The molecule has 0 aromatic carbocycles. The average molecular weight is 304 g/mol. The third-order valence-electron chi connectivity index (χ3n) is 3.17. The van der Waals surface area contributed by atoms with Gasteiger partial charge in [0.05, 0.1) is 0 Å². The zero-order chi connectivity index (χ0) is 13.8. The summed E-state index contributed by atoms with van der Waals surface area (Å²) < 4.78 is 1.48. The zero-order valence-electron chi connectivity index (χ0n) is 11.2. The quantitative estimate of drug-likeness (QED) is 0.605. The van der Waals surface area contributed by atoms with Crippen molar-refractivity contribution in [2.75, 3.05) is 13.1 Å². The molecule has 9 heteroatoms. The van der Waals surface area contributed by atoms with Gasteiger partial charge in [-0.3, -0.25) is 9.36 Å². The summed E-state index contributed by atoms with van der Waals surface area (Å²) in [6.45, 7) is 3.28. The van der Waals surface area contributed by atoms with Crippen LogP contribution in [0.2, 0.25) is 0 Å². The van der Waals surface area contributed by atoms with Gasteiger partial charge in [0, 0.05) is 19.5 Å². The van der Waals surface area contributed by atoms with Crippen molar-refractivity contribution in [1.82, 2.24) is 20.2 Å². The van der Waals surface area contributed by atoms with Gasteiger partial charge in [-0.25, -0.2) is 0 Å². The van der Waals surface area contributed by atoms with Crippen molar-refractivity contribution < 1.29 is 9.72 Å². The van der Waals surface area contributed by atoms with E-state index in [0.717, 1.165) is 19.4 Å². The van der Waals surface area contributed by atoms with Gasteiger partial charge in [0.25, 0.3) is 0 Å². The maximum atomic E-state index is 11.7.